The van der Waals surface area contributed by atoms with Crippen molar-refractivity contribution in [3.63, 3.8) is 0 Å². The predicted octanol–water partition coefficient (Wildman–Crippen LogP) is 7.31. The van der Waals surface area contributed by atoms with E-state index >= 15 is 0 Å². The van der Waals surface area contributed by atoms with Crippen molar-refractivity contribution in [2.24, 2.45) is 17.8 Å². The minimum Gasteiger partial charge on any atom is -0.389 e. The topological polar surface area (TPSA) is 20.2 Å². The van der Waals surface area contributed by atoms with Crippen molar-refractivity contribution in [3.05, 3.63) is 35.4 Å². The molecular formula is C24H40F2O. The molecule has 0 spiro atoms. The molecule has 0 saturated heterocycles. The van der Waals surface area contributed by atoms with E-state index in [4.69, 9.17) is 0 Å². The van der Waals surface area contributed by atoms with Crippen LogP contribution in [-0.4, -0.2) is 10.7 Å². The number of rotatable bonds is 13. The molecule has 0 fully saturated rings. The minimum absolute atomic E-state index is 0.160. The Morgan fingerprint density at radius 1 is 0.852 bits per heavy atom. The molecule has 1 nitrogen and oxygen atoms in total. The third-order valence-corrected chi connectivity index (χ3v) is 6.18. The summed E-state index contributed by atoms with van der Waals surface area (Å²) in [6.07, 6.45) is 9.86. The average Bonchev–Trinajstić information content (AvgIpc) is 2.62. The van der Waals surface area contributed by atoms with Gasteiger partial charge in [0.2, 0.25) is 0 Å². The lowest BCUT2D eigenvalue weighted by atomic mass is 9.67. The van der Waals surface area contributed by atoms with Gasteiger partial charge in [-0.15, -0.1) is 0 Å². The highest BCUT2D eigenvalue weighted by Gasteiger charge is 2.41. The number of hydrogen-bond donors (Lipinski definition) is 1. The van der Waals surface area contributed by atoms with E-state index in [0.29, 0.717) is 6.42 Å². The van der Waals surface area contributed by atoms with Crippen LogP contribution in [0.15, 0.2) is 18.2 Å². The number of benzene rings is 1. The molecule has 27 heavy (non-hydrogen) atoms. The maximum absolute atomic E-state index is 13.5. The maximum atomic E-state index is 13.5. The summed E-state index contributed by atoms with van der Waals surface area (Å²) >= 11 is 0. The van der Waals surface area contributed by atoms with Crippen LogP contribution in [0.2, 0.25) is 0 Å². The van der Waals surface area contributed by atoms with Crippen LogP contribution in [0.5, 0.6) is 0 Å². The molecule has 0 aliphatic carbocycles. The normalized spacial score (nSPS) is 13.6. The zero-order chi connectivity index (χ0) is 20.4. The Morgan fingerprint density at radius 3 is 2.00 bits per heavy atom. The molecule has 0 aliphatic heterocycles. The van der Waals surface area contributed by atoms with Crippen LogP contribution in [0.25, 0.3) is 0 Å². The van der Waals surface area contributed by atoms with Crippen LogP contribution in [0.1, 0.15) is 91.5 Å². The van der Waals surface area contributed by atoms with Gasteiger partial charge in [-0.1, -0.05) is 79.2 Å². The molecule has 156 valence electrons. The minimum atomic E-state index is -0.803. The standard InChI is InChI=1S/C24H40F2O/c1-6-7-8-9-10-11-12-21(24(27,18(2)3)19(4)5)15-13-20-14-16-22(25)23(26)17-20/h14,16-19,21,27H,6-13,15H2,1-5H3. The Bertz CT molecular complexity index is 531. The Kier molecular flexibility index (Phi) is 10.5. The average molecular weight is 383 g/mol. The summed E-state index contributed by atoms with van der Waals surface area (Å²) in [4.78, 5) is 0. The molecule has 1 atom stereocenters. The molecule has 0 bridgehead atoms. The van der Waals surface area contributed by atoms with Gasteiger partial charge in [-0.2, -0.15) is 0 Å². The first-order valence-electron chi connectivity index (χ1n) is 10.9. The van der Waals surface area contributed by atoms with Gasteiger partial charge in [-0.3, -0.25) is 0 Å². The van der Waals surface area contributed by atoms with Crippen molar-refractivity contribution in [1.82, 2.24) is 0 Å². The zero-order valence-electron chi connectivity index (χ0n) is 18.0. The second-order valence-electron chi connectivity index (χ2n) is 8.74. The molecule has 0 aromatic heterocycles. The van der Waals surface area contributed by atoms with Gasteiger partial charge in [-0.25, -0.2) is 8.78 Å². The van der Waals surface area contributed by atoms with Gasteiger partial charge in [0.25, 0.3) is 0 Å². The first kappa shape index (κ1) is 24.1. The Labute approximate surface area is 165 Å². The summed E-state index contributed by atoms with van der Waals surface area (Å²) in [5, 5.41) is 11.5. The second-order valence-corrected chi connectivity index (χ2v) is 8.74. The van der Waals surface area contributed by atoms with Gasteiger partial charge < -0.3 is 5.11 Å². The van der Waals surface area contributed by atoms with E-state index in [2.05, 4.69) is 34.6 Å². The van der Waals surface area contributed by atoms with Gasteiger partial charge in [0, 0.05) is 0 Å². The highest BCUT2D eigenvalue weighted by molar-refractivity contribution is 5.18. The third kappa shape index (κ3) is 7.18. The van der Waals surface area contributed by atoms with Gasteiger partial charge >= 0.3 is 0 Å². The lowest BCUT2D eigenvalue weighted by Gasteiger charge is -2.43. The molecule has 1 unspecified atom stereocenters. The highest BCUT2D eigenvalue weighted by atomic mass is 19.2. The first-order valence-corrected chi connectivity index (χ1v) is 10.9. The number of unbranched alkanes of at least 4 members (excludes halogenated alkanes) is 5. The second kappa shape index (κ2) is 11.8. The molecule has 3 heteroatoms. The molecule has 0 heterocycles. The fraction of sp³-hybridized carbons (Fsp3) is 0.750. The molecule has 0 saturated carbocycles. The zero-order valence-corrected chi connectivity index (χ0v) is 18.0. The summed E-state index contributed by atoms with van der Waals surface area (Å²) in [6.45, 7) is 10.6. The van der Waals surface area contributed by atoms with Crippen molar-refractivity contribution in [2.45, 2.75) is 98.0 Å². The lowest BCUT2D eigenvalue weighted by Crippen LogP contribution is -2.48. The van der Waals surface area contributed by atoms with Crippen LogP contribution >= 0.6 is 0 Å². The largest absolute Gasteiger partial charge is 0.389 e. The fourth-order valence-electron chi connectivity index (χ4n) is 4.42. The Morgan fingerprint density at radius 2 is 1.44 bits per heavy atom. The van der Waals surface area contributed by atoms with Crippen LogP contribution in [0, 0.1) is 29.4 Å². The van der Waals surface area contributed by atoms with E-state index in [-0.39, 0.29) is 17.8 Å². The summed E-state index contributed by atoms with van der Waals surface area (Å²) in [6, 6.07) is 4.15. The van der Waals surface area contributed by atoms with Gasteiger partial charge in [0.05, 0.1) is 5.60 Å². The molecule has 1 rings (SSSR count). The van der Waals surface area contributed by atoms with Gasteiger partial charge in [-0.05, 0) is 54.7 Å². The van der Waals surface area contributed by atoms with Crippen LogP contribution in [-0.2, 0) is 6.42 Å². The molecule has 0 radical (unpaired) electrons. The highest BCUT2D eigenvalue weighted by Crippen LogP contribution is 2.39. The molecule has 0 amide bonds. The molecule has 1 aromatic carbocycles. The monoisotopic (exact) mass is 382 g/mol. The van der Waals surface area contributed by atoms with E-state index in [9.17, 15) is 13.9 Å². The quantitative estimate of drug-likeness (QED) is 0.355. The van der Waals surface area contributed by atoms with Gasteiger partial charge in [0.15, 0.2) is 11.6 Å². The van der Waals surface area contributed by atoms with Crippen molar-refractivity contribution in [1.29, 1.82) is 0 Å². The fourth-order valence-corrected chi connectivity index (χ4v) is 4.42. The SMILES string of the molecule is CCCCCCCCC(CCc1ccc(F)c(F)c1)C(O)(C(C)C)C(C)C. The summed E-state index contributed by atoms with van der Waals surface area (Å²) in [7, 11) is 0. The van der Waals surface area contributed by atoms with Crippen molar-refractivity contribution >= 4 is 0 Å². The van der Waals surface area contributed by atoms with E-state index in [1.165, 1.54) is 44.2 Å². The summed E-state index contributed by atoms with van der Waals surface area (Å²) in [5.41, 5.74) is 0.0684. The maximum Gasteiger partial charge on any atom is 0.159 e. The smallest absolute Gasteiger partial charge is 0.159 e. The van der Waals surface area contributed by atoms with Crippen molar-refractivity contribution in [2.75, 3.05) is 0 Å². The van der Waals surface area contributed by atoms with Crippen molar-refractivity contribution in [3.8, 4) is 0 Å². The number of halogens is 2. The Balaban J connectivity index is 2.78. The van der Waals surface area contributed by atoms with E-state index in [1.54, 1.807) is 6.07 Å². The lowest BCUT2D eigenvalue weighted by molar-refractivity contribution is -0.101. The number of aliphatic hydroxyl groups is 1. The van der Waals surface area contributed by atoms with E-state index < -0.39 is 17.2 Å². The van der Waals surface area contributed by atoms with Crippen LogP contribution in [0.4, 0.5) is 8.78 Å². The Hall–Kier alpha value is -0.960. The predicted molar refractivity (Wildman–Crippen MR) is 111 cm³/mol. The van der Waals surface area contributed by atoms with Gasteiger partial charge in [0.1, 0.15) is 0 Å². The van der Waals surface area contributed by atoms with E-state index in [1.807, 2.05) is 0 Å². The first-order chi connectivity index (χ1) is 12.7. The summed E-state index contributed by atoms with van der Waals surface area (Å²) in [5.74, 6) is -1.11. The number of hydrogen-bond acceptors (Lipinski definition) is 1. The van der Waals surface area contributed by atoms with Crippen LogP contribution < -0.4 is 0 Å². The molecule has 1 aromatic rings. The van der Waals surface area contributed by atoms with Crippen LogP contribution in [0.3, 0.4) is 0 Å². The molecule has 1 N–H and O–H groups in total. The van der Waals surface area contributed by atoms with E-state index in [0.717, 1.165) is 24.8 Å². The third-order valence-electron chi connectivity index (χ3n) is 6.18. The number of aryl methyl sites for hydroxylation is 1. The summed E-state index contributed by atoms with van der Waals surface area (Å²) < 4.78 is 26.7. The molecular weight excluding hydrogens is 342 g/mol. The molecule has 0 aliphatic rings. The van der Waals surface area contributed by atoms with Crippen molar-refractivity contribution < 1.29 is 13.9 Å².